The van der Waals surface area contributed by atoms with Crippen molar-refractivity contribution in [2.75, 3.05) is 20.3 Å². The second kappa shape index (κ2) is 6.81. The number of carbonyl (C=O) groups excluding carboxylic acids is 1. The van der Waals surface area contributed by atoms with Gasteiger partial charge in [0, 0.05) is 26.0 Å². The topological polar surface area (TPSA) is 77.2 Å². The van der Waals surface area contributed by atoms with Gasteiger partial charge in [0.05, 0.1) is 24.3 Å². The predicted molar refractivity (Wildman–Crippen MR) is 73.1 cm³/mol. The van der Waals surface area contributed by atoms with Gasteiger partial charge < -0.3 is 14.5 Å². The summed E-state index contributed by atoms with van der Waals surface area (Å²) in [5, 5.41) is 2.75. The second-order valence-corrected chi connectivity index (χ2v) is 4.28. The van der Waals surface area contributed by atoms with Crippen LogP contribution in [0.5, 0.6) is 0 Å². The molecule has 0 atom stereocenters. The summed E-state index contributed by atoms with van der Waals surface area (Å²) < 4.78 is 10.4. The van der Waals surface area contributed by atoms with Crippen LogP contribution in [0.2, 0.25) is 0 Å². The highest BCUT2D eigenvalue weighted by molar-refractivity contribution is 5.78. The smallest absolute Gasteiger partial charge is 0.228 e. The first kappa shape index (κ1) is 14.2. The molecule has 0 aliphatic rings. The van der Waals surface area contributed by atoms with Gasteiger partial charge in [-0.1, -0.05) is 0 Å². The van der Waals surface area contributed by atoms with E-state index >= 15 is 0 Å². The lowest BCUT2D eigenvalue weighted by Crippen LogP contribution is -2.28. The van der Waals surface area contributed by atoms with Crippen molar-refractivity contribution < 1.29 is 13.9 Å². The fourth-order valence-corrected chi connectivity index (χ4v) is 1.71. The minimum atomic E-state index is -0.101. The van der Waals surface area contributed by atoms with Crippen LogP contribution in [0.4, 0.5) is 0 Å². The lowest BCUT2D eigenvalue weighted by atomic mass is 10.2. The Kier molecular flexibility index (Phi) is 4.84. The third-order valence-corrected chi connectivity index (χ3v) is 2.76. The van der Waals surface area contributed by atoms with Gasteiger partial charge in [0.25, 0.3) is 0 Å². The summed E-state index contributed by atoms with van der Waals surface area (Å²) in [7, 11) is 1.59. The Morgan fingerprint density at radius 3 is 3.05 bits per heavy atom. The first-order chi connectivity index (χ1) is 9.70. The third kappa shape index (κ3) is 3.64. The molecule has 0 unspecified atom stereocenters. The minimum Gasteiger partial charge on any atom is -0.441 e. The number of amides is 1. The number of pyridine rings is 1. The number of rotatable bonds is 6. The number of aromatic nitrogens is 2. The van der Waals surface area contributed by atoms with Crippen LogP contribution in [0.1, 0.15) is 11.5 Å². The Labute approximate surface area is 117 Å². The Morgan fingerprint density at radius 1 is 1.50 bits per heavy atom. The number of nitrogens with one attached hydrogen (secondary N) is 1. The standard InChI is InChI=1S/C14H17N3O3/c1-10-12(8-13(18)16-6-7-19-2)17-14(20-10)11-4-3-5-15-9-11/h3-5,9H,6-8H2,1-2H3,(H,16,18). The van der Waals surface area contributed by atoms with E-state index in [9.17, 15) is 4.79 Å². The van der Waals surface area contributed by atoms with Crippen molar-refractivity contribution in [3.63, 3.8) is 0 Å². The van der Waals surface area contributed by atoms with Crippen molar-refractivity contribution in [3.8, 4) is 11.5 Å². The Morgan fingerprint density at radius 2 is 2.35 bits per heavy atom. The molecule has 1 N–H and O–H groups in total. The van der Waals surface area contributed by atoms with Gasteiger partial charge in [-0.2, -0.15) is 0 Å². The summed E-state index contributed by atoms with van der Waals surface area (Å²) in [4.78, 5) is 20.1. The van der Waals surface area contributed by atoms with E-state index in [1.165, 1.54) is 0 Å². The van der Waals surface area contributed by atoms with E-state index in [0.29, 0.717) is 30.5 Å². The zero-order valence-corrected chi connectivity index (χ0v) is 11.5. The fourth-order valence-electron chi connectivity index (χ4n) is 1.71. The molecule has 0 saturated heterocycles. The number of hydrogen-bond donors (Lipinski definition) is 1. The van der Waals surface area contributed by atoms with Crippen molar-refractivity contribution in [2.24, 2.45) is 0 Å². The molecular weight excluding hydrogens is 258 g/mol. The molecule has 6 heteroatoms. The molecule has 20 heavy (non-hydrogen) atoms. The van der Waals surface area contributed by atoms with E-state index in [2.05, 4.69) is 15.3 Å². The van der Waals surface area contributed by atoms with E-state index in [1.54, 1.807) is 26.4 Å². The van der Waals surface area contributed by atoms with E-state index in [-0.39, 0.29) is 12.3 Å². The monoisotopic (exact) mass is 275 g/mol. The summed E-state index contributed by atoms with van der Waals surface area (Å²) in [6, 6.07) is 3.67. The number of methoxy groups -OCH3 is 1. The molecule has 0 aliphatic heterocycles. The molecule has 0 spiro atoms. The molecule has 0 saturated carbocycles. The van der Waals surface area contributed by atoms with Gasteiger partial charge in [0.15, 0.2) is 0 Å². The second-order valence-electron chi connectivity index (χ2n) is 4.28. The van der Waals surface area contributed by atoms with Crippen molar-refractivity contribution in [2.45, 2.75) is 13.3 Å². The van der Waals surface area contributed by atoms with Crippen LogP contribution >= 0.6 is 0 Å². The number of aryl methyl sites for hydroxylation is 1. The van der Waals surface area contributed by atoms with Crippen LogP contribution in [-0.2, 0) is 16.0 Å². The SMILES string of the molecule is COCCNC(=O)Cc1nc(-c2cccnc2)oc1C. The van der Waals surface area contributed by atoms with Crippen LogP contribution < -0.4 is 5.32 Å². The zero-order chi connectivity index (χ0) is 14.4. The Hall–Kier alpha value is -2.21. The van der Waals surface area contributed by atoms with Gasteiger partial charge in [-0.05, 0) is 19.1 Å². The predicted octanol–water partition coefficient (Wildman–Crippen LogP) is 1.35. The molecule has 0 aromatic carbocycles. The number of oxazole rings is 1. The maximum absolute atomic E-state index is 11.7. The first-order valence-electron chi connectivity index (χ1n) is 6.33. The van der Waals surface area contributed by atoms with E-state index in [4.69, 9.17) is 9.15 Å². The van der Waals surface area contributed by atoms with Gasteiger partial charge in [0.1, 0.15) is 5.76 Å². The minimum absolute atomic E-state index is 0.101. The number of carbonyl (C=O) groups is 1. The Bertz CT molecular complexity index is 566. The van der Waals surface area contributed by atoms with Crippen LogP contribution in [-0.4, -0.2) is 36.1 Å². The van der Waals surface area contributed by atoms with E-state index in [1.807, 2.05) is 12.1 Å². The highest BCUT2D eigenvalue weighted by atomic mass is 16.5. The molecule has 2 rings (SSSR count). The Balaban J connectivity index is 2.03. The highest BCUT2D eigenvalue weighted by Gasteiger charge is 2.14. The van der Waals surface area contributed by atoms with Crippen LogP contribution in [0.25, 0.3) is 11.5 Å². The van der Waals surface area contributed by atoms with Gasteiger partial charge >= 0.3 is 0 Å². The van der Waals surface area contributed by atoms with E-state index in [0.717, 1.165) is 5.56 Å². The molecule has 6 nitrogen and oxygen atoms in total. The third-order valence-electron chi connectivity index (χ3n) is 2.76. The van der Waals surface area contributed by atoms with Gasteiger partial charge in [-0.15, -0.1) is 0 Å². The highest BCUT2D eigenvalue weighted by Crippen LogP contribution is 2.20. The van der Waals surface area contributed by atoms with Crippen LogP contribution in [0.3, 0.4) is 0 Å². The molecule has 0 radical (unpaired) electrons. The molecular formula is C14H17N3O3. The summed E-state index contributed by atoms with van der Waals surface area (Å²) >= 11 is 0. The summed E-state index contributed by atoms with van der Waals surface area (Å²) in [5.74, 6) is 1.03. The maximum atomic E-state index is 11.7. The number of nitrogens with zero attached hydrogens (tertiary/aromatic N) is 2. The molecule has 0 fully saturated rings. The largest absolute Gasteiger partial charge is 0.441 e. The molecule has 2 aromatic heterocycles. The van der Waals surface area contributed by atoms with Crippen molar-refractivity contribution in [1.29, 1.82) is 0 Å². The zero-order valence-electron chi connectivity index (χ0n) is 11.5. The fraction of sp³-hybridized carbons (Fsp3) is 0.357. The first-order valence-corrected chi connectivity index (χ1v) is 6.33. The molecule has 106 valence electrons. The lowest BCUT2D eigenvalue weighted by molar-refractivity contribution is -0.120. The van der Waals surface area contributed by atoms with Crippen molar-refractivity contribution >= 4 is 5.91 Å². The molecule has 2 aromatic rings. The average Bonchev–Trinajstić information content (AvgIpc) is 2.81. The molecule has 0 aliphatic carbocycles. The van der Waals surface area contributed by atoms with Gasteiger partial charge in [0.2, 0.25) is 11.8 Å². The normalized spacial score (nSPS) is 10.5. The maximum Gasteiger partial charge on any atom is 0.228 e. The van der Waals surface area contributed by atoms with Gasteiger partial charge in [-0.3, -0.25) is 9.78 Å². The molecule has 2 heterocycles. The molecule has 1 amide bonds. The summed E-state index contributed by atoms with van der Waals surface area (Å²) in [6.07, 6.45) is 3.55. The summed E-state index contributed by atoms with van der Waals surface area (Å²) in [6.45, 7) is 2.77. The number of ether oxygens (including phenoxy) is 1. The lowest BCUT2D eigenvalue weighted by Gasteiger charge is -2.02. The summed E-state index contributed by atoms with van der Waals surface area (Å²) in [5.41, 5.74) is 1.43. The average molecular weight is 275 g/mol. The van der Waals surface area contributed by atoms with Crippen LogP contribution in [0, 0.1) is 6.92 Å². The van der Waals surface area contributed by atoms with Crippen LogP contribution in [0.15, 0.2) is 28.9 Å². The quantitative estimate of drug-likeness (QED) is 0.805. The van der Waals surface area contributed by atoms with Gasteiger partial charge in [-0.25, -0.2) is 4.98 Å². The number of hydrogen-bond acceptors (Lipinski definition) is 5. The van der Waals surface area contributed by atoms with Crippen molar-refractivity contribution in [3.05, 3.63) is 36.0 Å². The van der Waals surface area contributed by atoms with Crippen molar-refractivity contribution in [1.82, 2.24) is 15.3 Å². The van der Waals surface area contributed by atoms with E-state index < -0.39 is 0 Å². The molecule has 0 bridgehead atoms.